The molecule has 98 valence electrons. The predicted octanol–water partition coefficient (Wildman–Crippen LogP) is 2.63. The molecule has 2 rings (SSSR count). The van der Waals surface area contributed by atoms with Crippen LogP contribution in [0.5, 0.6) is 0 Å². The van der Waals surface area contributed by atoms with E-state index >= 15 is 0 Å². The minimum absolute atomic E-state index is 0.127. The molecular weight excluding hydrogens is 294 g/mol. The number of halogens is 1. The van der Waals surface area contributed by atoms with E-state index in [1.54, 1.807) is 0 Å². The van der Waals surface area contributed by atoms with Gasteiger partial charge in [0.15, 0.2) is 0 Å². The van der Waals surface area contributed by atoms with Gasteiger partial charge in [0.25, 0.3) is 0 Å². The van der Waals surface area contributed by atoms with Crippen LogP contribution in [-0.4, -0.2) is 36.1 Å². The number of nitrogens with zero attached hydrogens (tertiary/aromatic N) is 1. The number of carbonyl (C=O) groups excluding carboxylic acids is 1. The summed E-state index contributed by atoms with van der Waals surface area (Å²) in [6.45, 7) is 5.41. The van der Waals surface area contributed by atoms with Crippen LogP contribution in [0, 0.1) is 0 Å². The van der Waals surface area contributed by atoms with E-state index in [9.17, 15) is 4.79 Å². The van der Waals surface area contributed by atoms with Crippen molar-refractivity contribution in [2.75, 3.05) is 13.1 Å². The summed E-state index contributed by atoms with van der Waals surface area (Å²) >= 11 is 3.39. The lowest BCUT2D eigenvalue weighted by Gasteiger charge is -2.35. The molecule has 2 atom stereocenters. The number of hydrogen-bond donors (Lipinski definition) is 0. The maximum atomic E-state index is 12.2. The van der Waals surface area contributed by atoms with Crippen molar-refractivity contribution in [2.24, 2.45) is 0 Å². The highest BCUT2D eigenvalue weighted by Gasteiger charge is 2.25. The van der Waals surface area contributed by atoms with Gasteiger partial charge in [-0.1, -0.05) is 28.1 Å². The van der Waals surface area contributed by atoms with Crippen molar-refractivity contribution in [3.8, 4) is 0 Å². The maximum Gasteiger partial charge on any atom is 0.227 e. The predicted molar refractivity (Wildman–Crippen MR) is 74.4 cm³/mol. The Balaban J connectivity index is 1.97. The highest BCUT2D eigenvalue weighted by atomic mass is 79.9. The van der Waals surface area contributed by atoms with E-state index in [-0.39, 0.29) is 18.1 Å². The zero-order chi connectivity index (χ0) is 13.1. The summed E-state index contributed by atoms with van der Waals surface area (Å²) in [5.41, 5.74) is 1.05. The summed E-state index contributed by atoms with van der Waals surface area (Å²) in [4.78, 5) is 14.1. The lowest BCUT2D eigenvalue weighted by Crippen LogP contribution is -2.48. The Labute approximate surface area is 116 Å². The SMILES string of the molecule is C[C@H]1CN(C(=O)Cc2ccc(Br)cc2)C[C@H](C)O1. The molecule has 18 heavy (non-hydrogen) atoms. The van der Waals surface area contributed by atoms with Gasteiger partial charge in [-0.15, -0.1) is 0 Å². The third-order valence-electron chi connectivity index (χ3n) is 3.04. The molecule has 1 fully saturated rings. The van der Waals surface area contributed by atoms with Gasteiger partial charge < -0.3 is 9.64 Å². The van der Waals surface area contributed by atoms with Crippen molar-refractivity contribution < 1.29 is 9.53 Å². The van der Waals surface area contributed by atoms with E-state index in [4.69, 9.17) is 4.74 Å². The van der Waals surface area contributed by atoms with Gasteiger partial charge in [-0.25, -0.2) is 0 Å². The molecule has 0 aromatic heterocycles. The number of hydrogen-bond acceptors (Lipinski definition) is 2. The minimum Gasteiger partial charge on any atom is -0.372 e. The Bertz CT molecular complexity index is 408. The molecule has 0 N–H and O–H groups in total. The van der Waals surface area contributed by atoms with Gasteiger partial charge in [-0.3, -0.25) is 4.79 Å². The molecule has 1 saturated heterocycles. The Morgan fingerprint density at radius 1 is 1.28 bits per heavy atom. The third-order valence-corrected chi connectivity index (χ3v) is 3.57. The molecule has 1 amide bonds. The second-order valence-electron chi connectivity index (χ2n) is 4.86. The van der Waals surface area contributed by atoms with Gasteiger partial charge in [0, 0.05) is 17.6 Å². The summed E-state index contributed by atoms with van der Waals surface area (Å²) in [6.07, 6.45) is 0.720. The van der Waals surface area contributed by atoms with Crippen LogP contribution in [0.3, 0.4) is 0 Å². The topological polar surface area (TPSA) is 29.5 Å². The van der Waals surface area contributed by atoms with Gasteiger partial charge in [-0.05, 0) is 31.5 Å². The van der Waals surface area contributed by atoms with E-state index in [2.05, 4.69) is 15.9 Å². The molecule has 4 heteroatoms. The first kappa shape index (κ1) is 13.6. The van der Waals surface area contributed by atoms with E-state index in [0.29, 0.717) is 19.5 Å². The second-order valence-corrected chi connectivity index (χ2v) is 5.77. The molecule has 0 spiro atoms. The molecule has 3 nitrogen and oxygen atoms in total. The molecule has 1 heterocycles. The molecule has 0 radical (unpaired) electrons. The molecule has 0 bridgehead atoms. The van der Waals surface area contributed by atoms with E-state index in [1.807, 2.05) is 43.0 Å². The smallest absolute Gasteiger partial charge is 0.227 e. The van der Waals surface area contributed by atoms with Crippen molar-refractivity contribution in [1.82, 2.24) is 4.90 Å². The van der Waals surface area contributed by atoms with Crippen molar-refractivity contribution >= 4 is 21.8 Å². The molecule has 1 aromatic rings. The highest BCUT2D eigenvalue weighted by molar-refractivity contribution is 9.10. The fraction of sp³-hybridized carbons (Fsp3) is 0.500. The second kappa shape index (κ2) is 5.85. The fourth-order valence-electron chi connectivity index (χ4n) is 2.27. The Morgan fingerprint density at radius 3 is 2.39 bits per heavy atom. The van der Waals surface area contributed by atoms with E-state index < -0.39 is 0 Å². The normalized spacial score (nSPS) is 24.1. The summed E-state index contributed by atoms with van der Waals surface area (Å²) in [5.74, 6) is 0.180. The quantitative estimate of drug-likeness (QED) is 0.840. The first-order valence-corrected chi connectivity index (χ1v) is 7.01. The molecule has 1 aliphatic rings. The van der Waals surface area contributed by atoms with Crippen LogP contribution >= 0.6 is 15.9 Å². The number of amides is 1. The summed E-state index contributed by atoms with van der Waals surface area (Å²) in [6, 6.07) is 7.89. The third kappa shape index (κ3) is 3.56. The zero-order valence-corrected chi connectivity index (χ0v) is 12.3. The monoisotopic (exact) mass is 311 g/mol. The highest BCUT2D eigenvalue weighted by Crippen LogP contribution is 2.14. The van der Waals surface area contributed by atoms with Crippen molar-refractivity contribution in [1.29, 1.82) is 0 Å². The first-order valence-electron chi connectivity index (χ1n) is 6.22. The van der Waals surface area contributed by atoms with Gasteiger partial charge >= 0.3 is 0 Å². The van der Waals surface area contributed by atoms with Crippen molar-refractivity contribution in [3.05, 3.63) is 34.3 Å². The lowest BCUT2D eigenvalue weighted by molar-refractivity contribution is -0.142. The van der Waals surface area contributed by atoms with Crippen LogP contribution < -0.4 is 0 Å². The molecular formula is C14H18BrNO2. The molecule has 0 saturated carbocycles. The fourth-order valence-corrected chi connectivity index (χ4v) is 2.53. The summed E-state index contributed by atoms with van der Waals surface area (Å²) in [7, 11) is 0. The molecule has 0 unspecified atom stereocenters. The molecule has 1 aliphatic heterocycles. The van der Waals surface area contributed by atoms with Crippen molar-refractivity contribution in [2.45, 2.75) is 32.5 Å². The summed E-state index contributed by atoms with van der Waals surface area (Å²) in [5, 5.41) is 0. The number of ether oxygens (including phenoxy) is 1. The van der Waals surface area contributed by atoms with Crippen LogP contribution in [-0.2, 0) is 16.0 Å². The van der Waals surface area contributed by atoms with Crippen LogP contribution in [0.15, 0.2) is 28.7 Å². The van der Waals surface area contributed by atoms with E-state index in [1.165, 1.54) is 0 Å². The molecule has 1 aromatic carbocycles. The van der Waals surface area contributed by atoms with Crippen LogP contribution in [0.2, 0.25) is 0 Å². The van der Waals surface area contributed by atoms with Gasteiger partial charge in [0.2, 0.25) is 5.91 Å². The van der Waals surface area contributed by atoms with Gasteiger partial charge in [0.1, 0.15) is 0 Å². The van der Waals surface area contributed by atoms with Crippen LogP contribution in [0.1, 0.15) is 19.4 Å². The van der Waals surface area contributed by atoms with Crippen molar-refractivity contribution in [3.63, 3.8) is 0 Å². The summed E-state index contributed by atoms with van der Waals surface area (Å²) < 4.78 is 6.67. The number of benzene rings is 1. The standard InChI is InChI=1S/C14H18BrNO2/c1-10-8-16(9-11(2)18-10)14(17)7-12-3-5-13(15)6-4-12/h3-6,10-11H,7-9H2,1-2H3/t10-,11-/m0/s1. The van der Waals surface area contributed by atoms with E-state index in [0.717, 1.165) is 10.0 Å². The number of morpholine rings is 1. The average Bonchev–Trinajstić information content (AvgIpc) is 2.31. The Kier molecular flexibility index (Phi) is 4.40. The Hall–Kier alpha value is -0.870. The first-order chi connectivity index (χ1) is 8.54. The average molecular weight is 312 g/mol. The van der Waals surface area contributed by atoms with Crippen LogP contribution in [0.25, 0.3) is 0 Å². The molecule has 0 aliphatic carbocycles. The number of rotatable bonds is 2. The zero-order valence-electron chi connectivity index (χ0n) is 10.7. The van der Waals surface area contributed by atoms with Gasteiger partial charge in [-0.2, -0.15) is 0 Å². The maximum absolute atomic E-state index is 12.2. The largest absolute Gasteiger partial charge is 0.372 e. The minimum atomic E-state index is 0.127. The lowest BCUT2D eigenvalue weighted by atomic mass is 10.1. The Morgan fingerprint density at radius 2 is 1.83 bits per heavy atom. The number of carbonyl (C=O) groups is 1. The van der Waals surface area contributed by atoms with Crippen LogP contribution in [0.4, 0.5) is 0 Å². The van der Waals surface area contributed by atoms with Gasteiger partial charge in [0.05, 0.1) is 18.6 Å².